The van der Waals surface area contributed by atoms with E-state index in [-0.39, 0.29) is 41.3 Å². The number of hydrogen-bond donors (Lipinski definition) is 2. The van der Waals surface area contributed by atoms with Gasteiger partial charge in [0.2, 0.25) is 5.95 Å². The smallest absolute Gasteiger partial charge is 0.255 e. The largest absolute Gasteiger partial charge is 0.395 e. The summed E-state index contributed by atoms with van der Waals surface area (Å²) in [5.41, 5.74) is 1.43. The molecule has 12 heteroatoms. The van der Waals surface area contributed by atoms with Crippen LogP contribution in [0.1, 0.15) is 36.1 Å². The van der Waals surface area contributed by atoms with Crippen molar-refractivity contribution in [1.29, 1.82) is 0 Å². The summed E-state index contributed by atoms with van der Waals surface area (Å²) in [4.78, 5) is 33.6. The number of aliphatic hydroxyl groups is 1. The van der Waals surface area contributed by atoms with Gasteiger partial charge < -0.3 is 19.9 Å². The van der Waals surface area contributed by atoms with Gasteiger partial charge in [-0.05, 0) is 45.0 Å². The number of carbonyl (C=O) groups is 1. The number of halogens is 2. The van der Waals surface area contributed by atoms with Crippen molar-refractivity contribution in [3.63, 3.8) is 0 Å². The number of amides is 1. The number of β-amino-alcohol motifs (C(OH)–C–C–N with tert-alkyl or cyclic N) is 1. The third-order valence-corrected chi connectivity index (χ3v) is 6.79. The molecular weight excluding hydrogens is 506 g/mol. The molecule has 1 fully saturated rings. The second-order valence-electron chi connectivity index (χ2n) is 9.75. The average Bonchev–Trinajstić information content (AvgIpc) is 3.27. The van der Waals surface area contributed by atoms with Gasteiger partial charge >= 0.3 is 0 Å². The Morgan fingerprint density at radius 2 is 1.82 bits per heavy atom. The molecule has 0 spiro atoms. The van der Waals surface area contributed by atoms with Gasteiger partial charge in [0.15, 0.2) is 11.6 Å². The zero-order chi connectivity index (χ0) is 27.7. The molecule has 0 saturated carbocycles. The fourth-order valence-corrected chi connectivity index (χ4v) is 4.89. The number of aliphatic hydroxyl groups excluding tert-OH is 1. The van der Waals surface area contributed by atoms with E-state index in [2.05, 4.69) is 30.2 Å². The number of nitrogens with one attached hydrogen (secondary N) is 1. The predicted octanol–water partition coefficient (Wildman–Crippen LogP) is 3.55. The van der Waals surface area contributed by atoms with E-state index in [0.717, 1.165) is 6.20 Å². The molecule has 3 aromatic heterocycles. The van der Waals surface area contributed by atoms with Gasteiger partial charge in [0, 0.05) is 50.5 Å². The number of carbonyl (C=O) groups excluding carboxylic acids is 1. The standard InChI is InChI=1S/C27H30F2N8O2/c1-16(2)37-17(3)32-25-20(28)12-19(13-22(25)37)24-21(29)15-31-27(34-24)33-23-5-4-18(14-30-23)26(39)36-8-6-35(7-9-36)10-11-38/h4-5,12-16,38H,6-11H2,1-3H3,(H,30,31,33,34). The average molecular weight is 537 g/mol. The van der Waals surface area contributed by atoms with Gasteiger partial charge in [-0.2, -0.15) is 0 Å². The first-order valence-corrected chi connectivity index (χ1v) is 12.8. The van der Waals surface area contributed by atoms with E-state index in [0.29, 0.717) is 55.4 Å². The summed E-state index contributed by atoms with van der Waals surface area (Å²) in [6.45, 7) is 9.01. The number of nitrogens with zero attached hydrogens (tertiary/aromatic N) is 7. The molecule has 1 aliphatic heterocycles. The molecule has 4 aromatic rings. The molecule has 0 radical (unpaired) electrons. The maximum atomic E-state index is 14.9. The summed E-state index contributed by atoms with van der Waals surface area (Å²) in [5, 5.41) is 12.0. The van der Waals surface area contributed by atoms with Crippen LogP contribution in [-0.4, -0.2) is 84.6 Å². The van der Waals surface area contributed by atoms with Crippen LogP contribution < -0.4 is 5.32 Å². The highest BCUT2D eigenvalue weighted by Gasteiger charge is 2.22. The van der Waals surface area contributed by atoms with Crippen LogP contribution >= 0.6 is 0 Å². The molecule has 1 saturated heterocycles. The molecule has 4 heterocycles. The summed E-state index contributed by atoms with van der Waals surface area (Å²) in [5.74, 6) is -0.266. The number of piperazine rings is 1. The topological polar surface area (TPSA) is 112 Å². The highest BCUT2D eigenvalue weighted by atomic mass is 19.1. The third kappa shape index (κ3) is 5.43. The van der Waals surface area contributed by atoms with Gasteiger partial charge in [-0.25, -0.2) is 28.7 Å². The van der Waals surface area contributed by atoms with E-state index in [9.17, 15) is 13.6 Å². The van der Waals surface area contributed by atoms with Crippen LogP contribution in [0, 0.1) is 18.6 Å². The number of benzene rings is 1. The minimum absolute atomic E-state index is 0.0360. The summed E-state index contributed by atoms with van der Waals surface area (Å²) in [6.07, 6.45) is 2.49. The highest BCUT2D eigenvalue weighted by Crippen LogP contribution is 2.30. The number of fused-ring (bicyclic) bond motifs is 1. The zero-order valence-corrected chi connectivity index (χ0v) is 22.0. The third-order valence-electron chi connectivity index (χ3n) is 6.79. The van der Waals surface area contributed by atoms with E-state index in [4.69, 9.17) is 5.11 Å². The van der Waals surface area contributed by atoms with Crippen molar-refractivity contribution in [1.82, 2.24) is 34.3 Å². The van der Waals surface area contributed by atoms with Gasteiger partial charge in [-0.1, -0.05) is 0 Å². The second kappa shape index (κ2) is 11.0. The Hall–Kier alpha value is -4.03. The van der Waals surface area contributed by atoms with Crippen molar-refractivity contribution in [3.8, 4) is 11.3 Å². The molecule has 2 N–H and O–H groups in total. The molecule has 10 nitrogen and oxygen atoms in total. The Morgan fingerprint density at radius 1 is 1.05 bits per heavy atom. The molecule has 1 amide bonds. The van der Waals surface area contributed by atoms with Crippen LogP contribution in [0.5, 0.6) is 0 Å². The number of rotatable bonds is 7. The number of pyridine rings is 1. The molecule has 0 atom stereocenters. The lowest BCUT2D eigenvalue weighted by Crippen LogP contribution is -2.49. The van der Waals surface area contributed by atoms with Crippen molar-refractivity contribution in [3.05, 3.63) is 59.7 Å². The van der Waals surface area contributed by atoms with Crippen molar-refractivity contribution >= 4 is 28.7 Å². The van der Waals surface area contributed by atoms with Crippen LogP contribution in [0.4, 0.5) is 20.5 Å². The lowest BCUT2D eigenvalue weighted by Gasteiger charge is -2.34. The first kappa shape index (κ1) is 26.6. The number of aromatic nitrogens is 5. The quantitative estimate of drug-likeness (QED) is 0.369. The maximum Gasteiger partial charge on any atom is 0.255 e. The molecule has 5 rings (SSSR count). The first-order chi connectivity index (χ1) is 18.7. The Balaban J connectivity index is 1.34. The van der Waals surface area contributed by atoms with Crippen LogP contribution in [0.15, 0.2) is 36.7 Å². The maximum absolute atomic E-state index is 14.9. The van der Waals surface area contributed by atoms with Crippen LogP contribution in [0.25, 0.3) is 22.3 Å². The highest BCUT2D eigenvalue weighted by molar-refractivity contribution is 5.94. The number of anilines is 2. The minimum Gasteiger partial charge on any atom is -0.395 e. The van der Waals surface area contributed by atoms with Crippen molar-refractivity contribution < 1.29 is 18.7 Å². The minimum atomic E-state index is -0.695. The molecule has 0 bridgehead atoms. The van der Waals surface area contributed by atoms with E-state index >= 15 is 0 Å². The molecule has 0 aliphatic carbocycles. The number of imidazole rings is 1. The van der Waals surface area contributed by atoms with E-state index in [1.807, 2.05) is 18.4 Å². The lowest BCUT2D eigenvalue weighted by atomic mass is 10.1. The molecule has 0 unspecified atom stereocenters. The summed E-state index contributed by atoms with van der Waals surface area (Å²) < 4.78 is 31.6. The molecule has 1 aliphatic rings. The van der Waals surface area contributed by atoms with Crippen LogP contribution in [-0.2, 0) is 0 Å². The molecule has 39 heavy (non-hydrogen) atoms. The van der Waals surface area contributed by atoms with Crippen molar-refractivity contribution in [2.75, 3.05) is 44.6 Å². The molecular formula is C27H30F2N8O2. The normalized spacial score (nSPS) is 14.4. The fourth-order valence-electron chi connectivity index (χ4n) is 4.89. The van der Waals surface area contributed by atoms with Crippen molar-refractivity contribution in [2.45, 2.75) is 26.8 Å². The molecule has 204 valence electrons. The Morgan fingerprint density at radius 3 is 2.49 bits per heavy atom. The summed E-state index contributed by atoms with van der Waals surface area (Å²) >= 11 is 0. The number of aryl methyl sites for hydroxylation is 1. The first-order valence-electron chi connectivity index (χ1n) is 12.8. The molecule has 1 aromatic carbocycles. The Kier molecular flexibility index (Phi) is 7.49. The van der Waals surface area contributed by atoms with Gasteiger partial charge in [0.05, 0.1) is 23.9 Å². The van der Waals surface area contributed by atoms with Gasteiger partial charge in [0.1, 0.15) is 22.9 Å². The summed E-state index contributed by atoms with van der Waals surface area (Å²) in [7, 11) is 0. The Labute approximate surface area is 224 Å². The fraction of sp³-hybridized carbons (Fsp3) is 0.370. The van der Waals surface area contributed by atoms with Gasteiger partial charge in [0.25, 0.3) is 5.91 Å². The van der Waals surface area contributed by atoms with E-state index < -0.39 is 11.6 Å². The number of hydrogen-bond acceptors (Lipinski definition) is 8. The zero-order valence-electron chi connectivity index (χ0n) is 22.0. The lowest BCUT2D eigenvalue weighted by molar-refractivity contribution is 0.0614. The SMILES string of the molecule is Cc1nc2c(F)cc(-c3nc(Nc4ccc(C(=O)N5CCN(CCO)CC5)cn4)ncc3F)cc2n1C(C)C. The predicted molar refractivity (Wildman–Crippen MR) is 143 cm³/mol. The van der Waals surface area contributed by atoms with Crippen LogP contribution in [0.2, 0.25) is 0 Å². The van der Waals surface area contributed by atoms with E-state index in [1.165, 1.54) is 12.3 Å². The summed E-state index contributed by atoms with van der Waals surface area (Å²) in [6, 6.07) is 6.21. The van der Waals surface area contributed by atoms with Crippen molar-refractivity contribution in [2.24, 2.45) is 0 Å². The van der Waals surface area contributed by atoms with Gasteiger partial charge in [-0.15, -0.1) is 0 Å². The van der Waals surface area contributed by atoms with E-state index in [1.54, 1.807) is 30.0 Å². The van der Waals surface area contributed by atoms with Crippen LogP contribution in [0.3, 0.4) is 0 Å². The monoisotopic (exact) mass is 536 g/mol. The second-order valence-corrected chi connectivity index (χ2v) is 9.75. The van der Waals surface area contributed by atoms with Gasteiger partial charge in [-0.3, -0.25) is 9.69 Å². The Bertz CT molecular complexity index is 1500.